The third-order valence-electron chi connectivity index (χ3n) is 4.45. The molecule has 0 aliphatic carbocycles. The van der Waals surface area contributed by atoms with Crippen molar-refractivity contribution in [2.24, 2.45) is 0 Å². The van der Waals surface area contributed by atoms with Gasteiger partial charge in [0.15, 0.2) is 0 Å². The summed E-state index contributed by atoms with van der Waals surface area (Å²) >= 11 is 0. The van der Waals surface area contributed by atoms with Crippen LogP contribution in [0.3, 0.4) is 0 Å². The molecule has 0 aliphatic rings. The minimum atomic E-state index is -0.920. The molecule has 0 aromatic rings. The summed E-state index contributed by atoms with van der Waals surface area (Å²) in [5.74, 6) is -2.76. The Morgan fingerprint density at radius 3 is 0.829 bits per heavy atom. The summed E-state index contributed by atoms with van der Waals surface area (Å²) in [5.41, 5.74) is 0. The number of hydrogen-bond acceptors (Lipinski definition) is 7. The molecule has 1 N–H and O–H groups in total. The third kappa shape index (κ3) is 79.2. The average Bonchev–Trinajstić information content (AvgIpc) is 2.73. The number of carbonyl (C=O) groups excluding carboxylic acids is 3. The molecule has 0 heterocycles. The van der Waals surface area contributed by atoms with Gasteiger partial charge in [-0.25, -0.2) is 0 Å². The molecule has 1 radical (unpaired) electrons. The normalized spacial score (nSPS) is 9.34. The number of aliphatic carboxylic acids is 3. The van der Waals surface area contributed by atoms with Gasteiger partial charge in [-0.3, -0.25) is 0 Å². The number of carboxylic acids is 3. The van der Waals surface area contributed by atoms with Crippen LogP contribution in [0.4, 0.5) is 0 Å². The summed E-state index contributed by atoms with van der Waals surface area (Å²) in [4.78, 5) is 29.8. The van der Waals surface area contributed by atoms with E-state index in [2.05, 4.69) is 20.8 Å². The van der Waals surface area contributed by atoms with E-state index in [1.54, 1.807) is 13.8 Å². The van der Waals surface area contributed by atoms with Crippen molar-refractivity contribution in [3.63, 3.8) is 0 Å². The molecule has 35 heavy (non-hydrogen) atoms. The molecule has 0 aromatic carbocycles. The van der Waals surface area contributed by atoms with Gasteiger partial charge in [0.2, 0.25) is 0 Å². The van der Waals surface area contributed by atoms with Gasteiger partial charge in [-0.05, 0) is 52.4 Å². The van der Waals surface area contributed by atoms with Crippen molar-refractivity contribution in [3.8, 4) is 0 Å². The third-order valence-corrected chi connectivity index (χ3v) is 4.45. The van der Waals surface area contributed by atoms with Crippen molar-refractivity contribution in [2.75, 3.05) is 0 Å². The fraction of sp³-hybridized carbons (Fsp3) is 0.889. The summed E-state index contributed by atoms with van der Waals surface area (Å²) in [6, 6.07) is 0. The molecule has 7 nitrogen and oxygen atoms in total. The van der Waals surface area contributed by atoms with E-state index in [1.165, 1.54) is 38.5 Å². The number of hydrogen-bond donors (Lipinski definition) is 1. The van der Waals surface area contributed by atoms with Crippen LogP contribution in [0.2, 0.25) is 0 Å². The Balaban J connectivity index is -0.000000118. The summed E-state index contributed by atoms with van der Waals surface area (Å²) in [5, 5.41) is 37.8. The van der Waals surface area contributed by atoms with E-state index < -0.39 is 17.9 Å². The van der Waals surface area contributed by atoms with Crippen molar-refractivity contribution >= 4 is 17.9 Å². The molecule has 8 heteroatoms. The molecule has 0 bridgehead atoms. The van der Waals surface area contributed by atoms with Crippen LogP contribution < -0.4 is 15.3 Å². The van der Waals surface area contributed by atoms with E-state index in [4.69, 9.17) is 5.11 Å². The second-order valence-corrected chi connectivity index (χ2v) is 8.70. The largest absolute Gasteiger partial charge is 3.00 e. The van der Waals surface area contributed by atoms with Crippen molar-refractivity contribution in [1.82, 2.24) is 0 Å². The number of carboxylic acid groups (broad SMARTS) is 3. The van der Waals surface area contributed by atoms with Crippen LogP contribution in [-0.4, -0.2) is 29.1 Å². The predicted molar refractivity (Wildman–Crippen MR) is 133 cm³/mol. The van der Waals surface area contributed by atoms with E-state index >= 15 is 0 Å². The monoisotopic (exact) mass is 537 g/mol. The Kier molecular flexibility index (Phi) is 50.7. The Bertz CT molecular complexity index is 370. The minimum absolute atomic E-state index is 0. The number of unbranched alkanes of at least 4 members (excludes halogenated alkanes) is 12. The Hall–Kier alpha value is -0.916. The van der Waals surface area contributed by atoms with E-state index in [0.29, 0.717) is 0 Å². The number of aliphatic hydroxyl groups is 1. The maximum atomic E-state index is 9.92. The average molecular weight is 538 g/mol. The molecule has 0 aliphatic heterocycles. The summed E-state index contributed by atoms with van der Waals surface area (Å²) in [6.07, 6.45) is 16.7. The first-order valence-electron chi connectivity index (χ1n) is 13.3. The molecule has 0 saturated heterocycles. The Morgan fingerprint density at radius 1 is 0.514 bits per heavy atom. The number of rotatable bonds is 18. The zero-order valence-corrected chi connectivity index (χ0v) is 24.8. The first-order chi connectivity index (χ1) is 16.0. The molecule has 0 fully saturated rings. The second-order valence-electron chi connectivity index (χ2n) is 8.70. The fourth-order valence-corrected chi connectivity index (χ4v) is 2.62. The molecule has 0 amide bonds. The standard InChI is InChI=1S/3C8H16O2.C3H8O.Ti/c3*1-2-3-4-5-6-7-8(9)10;1-3(2)4;/h3*2-7H2,1H3,(H,9,10);3-4H,1-2H3;/q;;;;+3/p-3. The van der Waals surface area contributed by atoms with Crippen LogP contribution in [0.5, 0.6) is 0 Å². The first kappa shape index (κ1) is 44.1. The van der Waals surface area contributed by atoms with Crippen LogP contribution in [0.1, 0.15) is 150 Å². The van der Waals surface area contributed by atoms with Gasteiger partial charge in [-0.1, -0.05) is 97.8 Å². The summed E-state index contributed by atoms with van der Waals surface area (Å²) in [7, 11) is 0. The van der Waals surface area contributed by atoms with E-state index in [-0.39, 0.29) is 47.1 Å². The van der Waals surface area contributed by atoms with Crippen LogP contribution in [0, 0.1) is 0 Å². The van der Waals surface area contributed by atoms with Gasteiger partial charge in [0, 0.05) is 24.0 Å². The van der Waals surface area contributed by atoms with Gasteiger partial charge < -0.3 is 34.8 Å². The van der Waals surface area contributed by atoms with E-state index in [1.807, 2.05) is 0 Å². The predicted octanol–water partition coefficient (Wildman–Crippen LogP) is 3.68. The second kappa shape index (κ2) is 40.3. The summed E-state index contributed by atoms with van der Waals surface area (Å²) < 4.78 is 0. The van der Waals surface area contributed by atoms with E-state index in [0.717, 1.165) is 57.8 Å². The van der Waals surface area contributed by atoms with Crippen LogP contribution in [0.25, 0.3) is 0 Å². The number of carbonyl (C=O) groups is 3. The zero-order valence-electron chi connectivity index (χ0n) is 23.2. The van der Waals surface area contributed by atoms with Crippen LogP contribution >= 0.6 is 0 Å². The minimum Gasteiger partial charge on any atom is -0.550 e. The molecule has 0 atom stereocenters. The summed E-state index contributed by atoms with van der Waals surface area (Å²) in [6.45, 7) is 9.86. The Morgan fingerprint density at radius 2 is 0.686 bits per heavy atom. The fourth-order valence-electron chi connectivity index (χ4n) is 2.62. The van der Waals surface area contributed by atoms with Gasteiger partial charge in [-0.15, -0.1) is 0 Å². The van der Waals surface area contributed by atoms with Gasteiger partial charge in [0.05, 0.1) is 0 Å². The smallest absolute Gasteiger partial charge is 0.550 e. The van der Waals surface area contributed by atoms with E-state index in [9.17, 15) is 29.7 Å². The van der Waals surface area contributed by atoms with Gasteiger partial charge in [0.1, 0.15) is 0 Å². The van der Waals surface area contributed by atoms with Gasteiger partial charge in [-0.2, -0.15) is 0 Å². The number of aliphatic hydroxyl groups excluding tert-OH is 1. The SMILES string of the molecule is CC(C)O.CCCCCCCC(=O)[O-].CCCCCCCC(=O)[O-].CCCCCCCC(=O)[O-].[Ti+3]. The molecule has 0 rings (SSSR count). The Labute approximate surface area is 230 Å². The van der Waals surface area contributed by atoms with Crippen LogP contribution in [-0.2, 0) is 36.1 Å². The maximum absolute atomic E-state index is 9.92. The first-order valence-corrected chi connectivity index (χ1v) is 13.3. The van der Waals surface area contributed by atoms with Crippen molar-refractivity contribution in [1.29, 1.82) is 0 Å². The van der Waals surface area contributed by atoms with Crippen LogP contribution in [0.15, 0.2) is 0 Å². The zero-order chi connectivity index (χ0) is 27.0. The molecule has 0 saturated carbocycles. The van der Waals surface area contributed by atoms with Gasteiger partial charge >= 0.3 is 21.7 Å². The van der Waals surface area contributed by atoms with Crippen molar-refractivity contribution in [2.45, 2.75) is 156 Å². The molecule has 0 aromatic heterocycles. The molecular formula is C27H53O7Ti. The van der Waals surface area contributed by atoms with Crippen molar-refractivity contribution < 1.29 is 56.5 Å². The van der Waals surface area contributed by atoms with Gasteiger partial charge in [0.25, 0.3) is 0 Å². The molecule has 207 valence electrons. The molecule has 0 unspecified atom stereocenters. The maximum Gasteiger partial charge on any atom is 3.00 e. The topological polar surface area (TPSA) is 141 Å². The van der Waals surface area contributed by atoms with Crippen molar-refractivity contribution in [3.05, 3.63) is 0 Å². The molecule has 0 spiro atoms. The molecular weight excluding hydrogens is 484 g/mol. The quantitative estimate of drug-likeness (QED) is 0.208.